The number of likely N-dealkylation sites (N-methyl/N-ethyl adjacent to an activating group) is 1. The smallest absolute Gasteiger partial charge is 0.118 e. The zero-order valence-corrected chi connectivity index (χ0v) is 13.4. The summed E-state index contributed by atoms with van der Waals surface area (Å²) < 4.78 is 5.18. The first-order valence-corrected chi connectivity index (χ1v) is 8.01. The Morgan fingerprint density at radius 1 is 1.14 bits per heavy atom. The Morgan fingerprint density at radius 2 is 1.86 bits per heavy atom. The van der Waals surface area contributed by atoms with Gasteiger partial charge in [-0.2, -0.15) is 0 Å². The first kappa shape index (κ1) is 15.1. The van der Waals surface area contributed by atoms with Crippen LogP contribution in [0.15, 0.2) is 48.5 Å². The van der Waals surface area contributed by atoms with Gasteiger partial charge in [-0.05, 0) is 41.4 Å². The van der Waals surface area contributed by atoms with Gasteiger partial charge in [-0.3, -0.25) is 4.90 Å². The number of methoxy groups -OCH3 is 1. The third-order valence-electron chi connectivity index (χ3n) is 4.37. The van der Waals surface area contributed by atoms with Gasteiger partial charge < -0.3 is 10.1 Å². The third-order valence-corrected chi connectivity index (χ3v) is 4.37. The predicted molar refractivity (Wildman–Crippen MR) is 91.3 cm³/mol. The van der Waals surface area contributed by atoms with Crippen LogP contribution in [0.25, 0.3) is 11.1 Å². The molecule has 1 N–H and O–H groups in total. The second-order valence-electron chi connectivity index (χ2n) is 5.70. The fourth-order valence-corrected chi connectivity index (χ4v) is 2.96. The molecule has 0 saturated carbocycles. The van der Waals surface area contributed by atoms with E-state index in [1.165, 1.54) is 16.7 Å². The van der Waals surface area contributed by atoms with Crippen molar-refractivity contribution in [2.45, 2.75) is 13.0 Å². The molecule has 1 fully saturated rings. The van der Waals surface area contributed by atoms with E-state index in [0.29, 0.717) is 6.04 Å². The van der Waals surface area contributed by atoms with Crippen molar-refractivity contribution in [3.05, 3.63) is 54.1 Å². The molecule has 1 aromatic rings. The maximum Gasteiger partial charge on any atom is 0.118 e. The minimum Gasteiger partial charge on any atom is -0.497 e. The van der Waals surface area contributed by atoms with Gasteiger partial charge in [0.1, 0.15) is 5.75 Å². The normalized spacial score (nSPS) is 19.1. The standard InChI is InChI=1S/C13H20N2O.C6H4/c1-3-15-9-8-14-10-13(15)11-4-6-12(16-2)7-5-11;1-2-5-4-6(5)3-1/h4-7,13-14H,3,8-10H2,1-2H3;1-4H. The van der Waals surface area contributed by atoms with Crippen molar-refractivity contribution in [2.75, 3.05) is 33.3 Å². The van der Waals surface area contributed by atoms with Gasteiger partial charge in [0.05, 0.1) is 7.11 Å². The molecule has 0 aromatic heterocycles. The molecule has 1 unspecified atom stereocenters. The fourth-order valence-electron chi connectivity index (χ4n) is 2.96. The van der Waals surface area contributed by atoms with Crippen molar-refractivity contribution in [3.8, 4) is 16.9 Å². The average Bonchev–Trinajstić information content (AvgIpc) is 3.20. The lowest BCUT2D eigenvalue weighted by Crippen LogP contribution is -2.45. The number of nitrogens with zero attached hydrogens (tertiary/aromatic N) is 1. The largest absolute Gasteiger partial charge is 0.497 e. The number of ether oxygens (including phenoxy) is 1. The van der Waals surface area contributed by atoms with Crippen molar-refractivity contribution < 1.29 is 4.74 Å². The van der Waals surface area contributed by atoms with Crippen LogP contribution in [-0.2, 0) is 0 Å². The molecule has 3 aliphatic rings. The average molecular weight is 296 g/mol. The lowest BCUT2D eigenvalue weighted by atomic mass is 10.0. The van der Waals surface area contributed by atoms with Crippen LogP contribution in [-0.4, -0.2) is 38.2 Å². The van der Waals surface area contributed by atoms with Crippen molar-refractivity contribution in [1.82, 2.24) is 10.2 Å². The molecular formula is C19H24N2O. The number of hydrogen-bond acceptors (Lipinski definition) is 3. The number of piperazine rings is 1. The van der Waals surface area contributed by atoms with E-state index in [0.717, 1.165) is 31.9 Å². The summed E-state index contributed by atoms with van der Waals surface area (Å²) >= 11 is 0. The highest BCUT2D eigenvalue weighted by atomic mass is 16.5. The van der Waals surface area contributed by atoms with Crippen molar-refractivity contribution in [2.24, 2.45) is 0 Å². The van der Waals surface area contributed by atoms with E-state index in [2.05, 4.69) is 53.5 Å². The molecule has 1 atom stereocenters. The summed E-state index contributed by atoms with van der Waals surface area (Å²) in [6.07, 6.45) is 0. The van der Waals surface area contributed by atoms with Crippen LogP contribution in [0.3, 0.4) is 0 Å². The molecule has 4 rings (SSSR count). The Hall–Kier alpha value is -1.84. The maximum absolute atomic E-state index is 5.18. The maximum atomic E-state index is 5.18. The predicted octanol–water partition coefficient (Wildman–Crippen LogP) is 3.33. The van der Waals surface area contributed by atoms with Gasteiger partial charge in [0.25, 0.3) is 0 Å². The Balaban J connectivity index is 0.000000196. The van der Waals surface area contributed by atoms with Gasteiger partial charge in [0.15, 0.2) is 0 Å². The highest BCUT2D eigenvalue weighted by Crippen LogP contribution is 2.32. The van der Waals surface area contributed by atoms with Gasteiger partial charge in [0.2, 0.25) is 0 Å². The number of benzene rings is 2. The quantitative estimate of drug-likeness (QED) is 0.802. The molecule has 0 radical (unpaired) electrons. The first-order chi connectivity index (χ1) is 10.8. The first-order valence-electron chi connectivity index (χ1n) is 8.01. The zero-order valence-electron chi connectivity index (χ0n) is 13.4. The second-order valence-corrected chi connectivity index (χ2v) is 5.70. The minimum absolute atomic E-state index is 0.504. The Kier molecular flexibility index (Phi) is 4.76. The Bertz CT molecular complexity index is 592. The van der Waals surface area contributed by atoms with Gasteiger partial charge in [-0.15, -0.1) is 0 Å². The van der Waals surface area contributed by atoms with Crippen LogP contribution < -0.4 is 10.1 Å². The third kappa shape index (κ3) is 3.49. The fraction of sp³-hybridized carbons (Fsp3) is 0.368. The van der Waals surface area contributed by atoms with Crippen LogP contribution in [0.4, 0.5) is 0 Å². The zero-order chi connectivity index (χ0) is 15.4. The number of rotatable bonds is 3. The molecule has 1 heterocycles. The molecule has 0 amide bonds. The number of nitrogens with one attached hydrogen (secondary N) is 1. The monoisotopic (exact) mass is 296 g/mol. The van der Waals surface area contributed by atoms with Crippen molar-refractivity contribution in [1.29, 1.82) is 0 Å². The summed E-state index contributed by atoms with van der Waals surface area (Å²) in [6, 6.07) is 17.4. The van der Waals surface area contributed by atoms with E-state index in [9.17, 15) is 0 Å². The number of fused-ring (bicyclic) bond motifs is 1. The highest BCUT2D eigenvalue weighted by Gasteiger charge is 2.21. The summed E-state index contributed by atoms with van der Waals surface area (Å²) in [7, 11) is 1.70. The molecule has 1 saturated heterocycles. The van der Waals surface area contributed by atoms with Crippen molar-refractivity contribution >= 4 is 0 Å². The molecule has 22 heavy (non-hydrogen) atoms. The SMILES string of the molecule is CCN1CCNCC1c1ccc(OC)cc1.c1cc2cc-2c1. The second kappa shape index (κ2) is 6.95. The molecule has 1 aliphatic heterocycles. The summed E-state index contributed by atoms with van der Waals surface area (Å²) in [4.78, 5) is 2.51. The summed E-state index contributed by atoms with van der Waals surface area (Å²) in [6.45, 7) is 6.61. The summed E-state index contributed by atoms with van der Waals surface area (Å²) in [5.41, 5.74) is 4.22. The van der Waals surface area contributed by atoms with E-state index >= 15 is 0 Å². The van der Waals surface area contributed by atoms with Crippen LogP contribution in [0.5, 0.6) is 5.75 Å². The minimum atomic E-state index is 0.504. The van der Waals surface area contributed by atoms with Crippen molar-refractivity contribution in [3.63, 3.8) is 0 Å². The molecule has 0 bridgehead atoms. The highest BCUT2D eigenvalue weighted by molar-refractivity contribution is 5.80. The molecule has 3 nitrogen and oxygen atoms in total. The Morgan fingerprint density at radius 3 is 2.36 bits per heavy atom. The van der Waals surface area contributed by atoms with Crippen LogP contribution in [0, 0.1) is 0 Å². The van der Waals surface area contributed by atoms with Gasteiger partial charge in [0, 0.05) is 25.7 Å². The van der Waals surface area contributed by atoms with E-state index in [-0.39, 0.29) is 0 Å². The Labute approximate surface area is 132 Å². The topological polar surface area (TPSA) is 24.5 Å². The molecule has 2 aliphatic carbocycles. The lowest BCUT2D eigenvalue weighted by Gasteiger charge is -2.35. The molecule has 116 valence electrons. The van der Waals surface area contributed by atoms with Crippen LogP contribution in [0.2, 0.25) is 0 Å². The molecule has 3 heteroatoms. The number of hydrogen-bond donors (Lipinski definition) is 1. The van der Waals surface area contributed by atoms with Gasteiger partial charge >= 0.3 is 0 Å². The van der Waals surface area contributed by atoms with Gasteiger partial charge in [-0.1, -0.05) is 37.3 Å². The van der Waals surface area contributed by atoms with E-state index < -0.39 is 0 Å². The van der Waals surface area contributed by atoms with E-state index in [4.69, 9.17) is 4.74 Å². The lowest BCUT2D eigenvalue weighted by molar-refractivity contribution is 0.171. The molecular weight excluding hydrogens is 272 g/mol. The molecule has 0 spiro atoms. The van der Waals surface area contributed by atoms with Gasteiger partial charge in [-0.25, -0.2) is 0 Å². The summed E-state index contributed by atoms with van der Waals surface area (Å²) in [5, 5.41) is 3.45. The molecule has 1 aromatic carbocycles. The van der Waals surface area contributed by atoms with Crippen LogP contribution >= 0.6 is 0 Å². The van der Waals surface area contributed by atoms with Crippen LogP contribution in [0.1, 0.15) is 18.5 Å². The summed E-state index contributed by atoms with van der Waals surface area (Å²) in [5.74, 6) is 0.926. The van der Waals surface area contributed by atoms with E-state index in [1.54, 1.807) is 7.11 Å². The van der Waals surface area contributed by atoms with E-state index in [1.807, 2.05) is 12.1 Å².